The van der Waals surface area contributed by atoms with Gasteiger partial charge in [-0.1, -0.05) is 43.7 Å². The van der Waals surface area contributed by atoms with Crippen molar-refractivity contribution in [2.24, 2.45) is 5.92 Å². The summed E-state index contributed by atoms with van der Waals surface area (Å²) in [4.78, 5) is 2.54. The van der Waals surface area contributed by atoms with E-state index in [0.717, 1.165) is 30.0 Å². The van der Waals surface area contributed by atoms with Crippen molar-refractivity contribution in [3.8, 4) is 11.3 Å². The van der Waals surface area contributed by atoms with Crippen molar-refractivity contribution >= 4 is 10.9 Å². The van der Waals surface area contributed by atoms with Crippen molar-refractivity contribution in [1.82, 2.24) is 9.47 Å². The molecule has 0 amide bonds. The number of hydrogen-bond donors (Lipinski definition) is 0. The lowest BCUT2D eigenvalue weighted by molar-refractivity contribution is 0.263. The normalized spacial score (nSPS) is 18.2. The van der Waals surface area contributed by atoms with Crippen LogP contribution in [0.15, 0.2) is 54.6 Å². The van der Waals surface area contributed by atoms with E-state index >= 15 is 0 Å². The average Bonchev–Trinajstić information content (AvgIpc) is 3.21. The largest absolute Gasteiger partial charge is 0.327 e. The summed E-state index contributed by atoms with van der Waals surface area (Å²) < 4.78 is 16.0. The van der Waals surface area contributed by atoms with Crippen molar-refractivity contribution in [1.29, 1.82) is 0 Å². The molecule has 1 aliphatic rings. The first-order chi connectivity index (χ1) is 12.2. The SMILES string of the molecule is CCCC1CCN(Cn2c(-c3ccccc3)cc3cc(F)ccc32)C1. The summed E-state index contributed by atoms with van der Waals surface area (Å²) in [6.45, 7) is 5.46. The van der Waals surface area contributed by atoms with Crippen LogP contribution in [0.25, 0.3) is 22.2 Å². The molecule has 2 nitrogen and oxygen atoms in total. The molecule has 0 N–H and O–H groups in total. The van der Waals surface area contributed by atoms with Crippen LogP contribution < -0.4 is 0 Å². The lowest BCUT2D eigenvalue weighted by Gasteiger charge is -2.20. The van der Waals surface area contributed by atoms with Gasteiger partial charge in [-0.15, -0.1) is 0 Å². The molecule has 0 radical (unpaired) electrons. The topological polar surface area (TPSA) is 8.17 Å². The smallest absolute Gasteiger partial charge is 0.123 e. The number of halogens is 1. The summed E-state index contributed by atoms with van der Waals surface area (Å²) in [5.74, 6) is 0.651. The molecule has 2 aromatic carbocycles. The summed E-state index contributed by atoms with van der Waals surface area (Å²) in [7, 11) is 0. The maximum Gasteiger partial charge on any atom is 0.123 e. The highest BCUT2D eigenvalue weighted by atomic mass is 19.1. The predicted octanol–water partition coefficient (Wildman–Crippen LogP) is 5.53. The van der Waals surface area contributed by atoms with Crippen LogP contribution in [0, 0.1) is 11.7 Å². The quantitative estimate of drug-likeness (QED) is 0.595. The summed E-state index contributed by atoms with van der Waals surface area (Å²) in [6.07, 6.45) is 3.88. The molecule has 4 rings (SSSR count). The van der Waals surface area contributed by atoms with Crippen LogP contribution in [0.4, 0.5) is 4.39 Å². The second kappa shape index (κ2) is 7.01. The monoisotopic (exact) mass is 336 g/mol. The minimum atomic E-state index is -0.173. The fourth-order valence-corrected chi connectivity index (χ4v) is 4.13. The van der Waals surface area contributed by atoms with E-state index in [1.54, 1.807) is 12.1 Å². The van der Waals surface area contributed by atoms with Gasteiger partial charge in [-0.2, -0.15) is 0 Å². The maximum absolute atomic E-state index is 13.7. The van der Waals surface area contributed by atoms with Crippen molar-refractivity contribution in [2.45, 2.75) is 32.9 Å². The lowest BCUT2D eigenvalue weighted by Crippen LogP contribution is -2.24. The number of benzene rings is 2. The van der Waals surface area contributed by atoms with Gasteiger partial charge in [-0.05, 0) is 48.6 Å². The molecule has 0 spiro atoms. The zero-order valence-electron chi connectivity index (χ0n) is 14.8. The Bertz CT molecular complexity index is 853. The fraction of sp³-hybridized carbons (Fsp3) is 0.364. The molecule has 25 heavy (non-hydrogen) atoms. The molecule has 130 valence electrons. The van der Waals surface area contributed by atoms with Crippen molar-refractivity contribution < 1.29 is 4.39 Å². The fourth-order valence-electron chi connectivity index (χ4n) is 4.13. The molecule has 1 fully saturated rings. The molecule has 1 aliphatic heterocycles. The predicted molar refractivity (Wildman–Crippen MR) is 102 cm³/mol. The highest BCUT2D eigenvalue weighted by molar-refractivity contribution is 5.87. The van der Waals surface area contributed by atoms with Crippen molar-refractivity contribution in [3.63, 3.8) is 0 Å². The van der Waals surface area contributed by atoms with E-state index in [9.17, 15) is 4.39 Å². The van der Waals surface area contributed by atoms with Crippen LogP contribution in [0.3, 0.4) is 0 Å². The van der Waals surface area contributed by atoms with Gasteiger partial charge in [0.05, 0.1) is 12.4 Å². The molecule has 1 atom stereocenters. The summed E-state index contributed by atoms with van der Waals surface area (Å²) in [6, 6.07) is 17.7. The van der Waals surface area contributed by atoms with Crippen molar-refractivity contribution in [3.05, 3.63) is 60.4 Å². The highest BCUT2D eigenvalue weighted by Crippen LogP contribution is 2.30. The third-order valence-electron chi connectivity index (χ3n) is 5.34. The molecule has 0 aliphatic carbocycles. The number of likely N-dealkylation sites (tertiary alicyclic amines) is 1. The molecule has 0 bridgehead atoms. The number of hydrogen-bond acceptors (Lipinski definition) is 1. The Morgan fingerprint density at radius 2 is 1.92 bits per heavy atom. The van der Waals surface area contributed by atoms with E-state index in [2.05, 4.69) is 46.7 Å². The van der Waals surface area contributed by atoms with E-state index < -0.39 is 0 Å². The van der Waals surface area contributed by atoms with Gasteiger partial charge in [-0.3, -0.25) is 4.90 Å². The van der Waals surface area contributed by atoms with Crippen LogP contribution in [0.1, 0.15) is 26.2 Å². The standard InChI is InChI=1S/C22H25FN2/c1-2-6-17-11-12-24(15-17)16-25-21-10-9-20(23)13-19(21)14-22(25)18-7-4-3-5-8-18/h3-5,7-10,13-14,17H,2,6,11-12,15-16H2,1H3. The lowest BCUT2D eigenvalue weighted by atomic mass is 10.0. The summed E-state index contributed by atoms with van der Waals surface area (Å²) in [5, 5.41) is 0.975. The van der Waals surface area contributed by atoms with Gasteiger partial charge in [0.1, 0.15) is 5.82 Å². The Morgan fingerprint density at radius 3 is 2.72 bits per heavy atom. The number of rotatable bonds is 5. The van der Waals surface area contributed by atoms with Crippen LogP contribution in [0.5, 0.6) is 0 Å². The Morgan fingerprint density at radius 1 is 1.08 bits per heavy atom. The molecular weight excluding hydrogens is 311 g/mol. The highest BCUT2D eigenvalue weighted by Gasteiger charge is 2.23. The maximum atomic E-state index is 13.7. The number of aromatic nitrogens is 1. The summed E-state index contributed by atoms with van der Waals surface area (Å²) in [5.41, 5.74) is 3.46. The molecule has 2 heterocycles. The van der Waals surface area contributed by atoms with Crippen LogP contribution in [0.2, 0.25) is 0 Å². The van der Waals surface area contributed by atoms with Gasteiger partial charge >= 0.3 is 0 Å². The van der Waals surface area contributed by atoms with E-state index in [1.165, 1.54) is 37.1 Å². The third-order valence-corrected chi connectivity index (χ3v) is 5.34. The Balaban J connectivity index is 1.71. The van der Waals surface area contributed by atoms with Gasteiger partial charge < -0.3 is 4.57 Å². The molecule has 1 saturated heterocycles. The van der Waals surface area contributed by atoms with E-state index in [0.29, 0.717) is 0 Å². The first-order valence-electron chi connectivity index (χ1n) is 9.31. The Hall–Kier alpha value is -2.13. The van der Waals surface area contributed by atoms with Crippen molar-refractivity contribution in [2.75, 3.05) is 13.1 Å². The molecule has 3 heteroatoms. The zero-order valence-corrected chi connectivity index (χ0v) is 14.8. The van der Waals surface area contributed by atoms with Gasteiger partial charge in [0.15, 0.2) is 0 Å². The van der Waals surface area contributed by atoms with E-state index in [-0.39, 0.29) is 5.82 Å². The summed E-state index contributed by atoms with van der Waals surface area (Å²) >= 11 is 0. The number of fused-ring (bicyclic) bond motifs is 1. The number of nitrogens with zero attached hydrogens (tertiary/aromatic N) is 2. The molecule has 1 aromatic heterocycles. The van der Waals surface area contributed by atoms with E-state index in [1.807, 2.05) is 12.1 Å². The second-order valence-corrected chi connectivity index (χ2v) is 7.19. The third kappa shape index (κ3) is 3.34. The molecule has 1 unspecified atom stereocenters. The van der Waals surface area contributed by atoms with Crippen LogP contribution >= 0.6 is 0 Å². The van der Waals surface area contributed by atoms with Crippen LogP contribution in [-0.4, -0.2) is 22.6 Å². The average molecular weight is 336 g/mol. The van der Waals surface area contributed by atoms with Gasteiger partial charge in [-0.25, -0.2) is 4.39 Å². The van der Waals surface area contributed by atoms with Gasteiger partial charge in [0.2, 0.25) is 0 Å². The second-order valence-electron chi connectivity index (χ2n) is 7.19. The van der Waals surface area contributed by atoms with Crippen LogP contribution in [-0.2, 0) is 6.67 Å². The Labute approximate surface area is 148 Å². The minimum Gasteiger partial charge on any atom is -0.327 e. The minimum absolute atomic E-state index is 0.173. The molecular formula is C22H25FN2. The van der Waals surface area contributed by atoms with Gasteiger partial charge in [0.25, 0.3) is 0 Å². The first kappa shape index (κ1) is 16.3. The molecule has 0 saturated carbocycles. The zero-order chi connectivity index (χ0) is 17.2. The van der Waals surface area contributed by atoms with Gasteiger partial charge in [0, 0.05) is 24.0 Å². The first-order valence-corrected chi connectivity index (χ1v) is 9.31. The van der Waals surface area contributed by atoms with E-state index in [4.69, 9.17) is 0 Å². The molecule has 3 aromatic rings. The Kier molecular flexibility index (Phi) is 4.58.